The second kappa shape index (κ2) is 20.6. The van der Waals surface area contributed by atoms with Crippen LogP contribution < -0.4 is 10.6 Å². The molecule has 4 aliphatic rings. The Labute approximate surface area is 364 Å². The maximum atomic E-state index is 11.8. The molecule has 324 valence electrons. The van der Waals surface area contributed by atoms with Crippen LogP contribution in [-0.4, -0.2) is 60.9 Å². The maximum absolute atomic E-state index is 11.8. The van der Waals surface area contributed by atoms with Gasteiger partial charge in [-0.2, -0.15) is 0 Å². The number of aliphatic hydroxyl groups excluding tert-OH is 1. The van der Waals surface area contributed by atoms with Crippen molar-refractivity contribution >= 4 is 45.8 Å². The first-order valence-corrected chi connectivity index (χ1v) is 22.8. The van der Waals surface area contributed by atoms with Crippen LogP contribution in [-0.2, 0) is 32.3 Å². The lowest BCUT2D eigenvalue weighted by molar-refractivity contribution is -0.121. The van der Waals surface area contributed by atoms with Gasteiger partial charge in [0.25, 0.3) is 16.4 Å². The SMILES string of the molecule is Cc1cccc(-c2nc(COC3CCCC(C/C=C4\SC(=O)NC4=O)C3)c(C)o2)c1.Cc1cccc(-c2nc(COC3CCCC(CC(O)C4SC(=O)NC4=O)C3)c(C)o2)c1. The minimum Gasteiger partial charge on any atom is -0.441 e. The summed E-state index contributed by atoms with van der Waals surface area (Å²) in [6, 6.07) is 16.2. The lowest BCUT2D eigenvalue weighted by Crippen LogP contribution is -2.35. The molecule has 6 atom stereocenters. The Morgan fingerprint density at radius 2 is 1.33 bits per heavy atom. The predicted molar refractivity (Wildman–Crippen MR) is 233 cm³/mol. The van der Waals surface area contributed by atoms with E-state index in [0.717, 1.165) is 121 Å². The lowest BCUT2D eigenvalue weighted by Gasteiger charge is -2.31. The number of aromatic nitrogens is 2. The van der Waals surface area contributed by atoms with Gasteiger partial charge in [0, 0.05) is 11.1 Å². The summed E-state index contributed by atoms with van der Waals surface area (Å²) in [4.78, 5) is 55.9. The van der Waals surface area contributed by atoms with Crippen molar-refractivity contribution in [3.8, 4) is 22.9 Å². The summed E-state index contributed by atoms with van der Waals surface area (Å²) in [5.74, 6) is 2.83. The monoisotopic (exact) mass is 870 g/mol. The van der Waals surface area contributed by atoms with Gasteiger partial charge in [-0.05, 0) is 132 Å². The molecule has 2 saturated heterocycles. The molecule has 2 saturated carbocycles. The highest BCUT2D eigenvalue weighted by Gasteiger charge is 2.39. The summed E-state index contributed by atoms with van der Waals surface area (Å²) >= 11 is 1.87. The molecule has 8 rings (SSSR count). The second-order valence-electron chi connectivity index (χ2n) is 16.5. The van der Waals surface area contributed by atoms with E-state index < -0.39 is 17.3 Å². The summed E-state index contributed by atoms with van der Waals surface area (Å²) in [6.07, 6.45) is 10.6. The van der Waals surface area contributed by atoms with E-state index in [0.29, 0.717) is 42.2 Å². The number of nitrogens with zero attached hydrogens (tertiary/aromatic N) is 2. The average Bonchev–Trinajstić information content (AvgIpc) is 3.99. The van der Waals surface area contributed by atoms with Gasteiger partial charge < -0.3 is 23.4 Å². The van der Waals surface area contributed by atoms with E-state index >= 15 is 0 Å². The Hall–Kier alpha value is -4.54. The van der Waals surface area contributed by atoms with Crippen molar-refractivity contribution in [2.45, 2.75) is 129 Å². The number of ether oxygens (including phenoxy) is 2. The molecule has 4 aromatic rings. The number of imide groups is 2. The van der Waals surface area contributed by atoms with Gasteiger partial charge in [0.05, 0.1) is 36.4 Å². The summed E-state index contributed by atoms with van der Waals surface area (Å²) in [7, 11) is 0. The van der Waals surface area contributed by atoms with Gasteiger partial charge in [-0.3, -0.25) is 29.8 Å². The second-order valence-corrected chi connectivity index (χ2v) is 18.6. The zero-order valence-electron chi connectivity index (χ0n) is 35.1. The van der Waals surface area contributed by atoms with Crippen LogP contribution in [0.5, 0.6) is 0 Å². The Balaban J connectivity index is 0.000000184. The fourth-order valence-corrected chi connectivity index (χ4v) is 9.85. The third-order valence-corrected chi connectivity index (χ3v) is 13.6. The molecule has 2 aliphatic heterocycles. The van der Waals surface area contributed by atoms with Gasteiger partial charge in [0.15, 0.2) is 0 Å². The third-order valence-electron chi connectivity index (χ3n) is 11.6. The maximum Gasteiger partial charge on any atom is 0.290 e. The fourth-order valence-electron chi connectivity index (χ4n) is 8.36. The summed E-state index contributed by atoms with van der Waals surface area (Å²) in [5.41, 5.74) is 5.89. The van der Waals surface area contributed by atoms with Crippen molar-refractivity contribution in [3.05, 3.63) is 93.5 Å². The largest absolute Gasteiger partial charge is 0.441 e. The number of benzene rings is 2. The number of hydrogen-bond acceptors (Lipinski definition) is 13. The number of hydrogen-bond donors (Lipinski definition) is 3. The normalized spacial score (nSPS) is 24.1. The minimum atomic E-state index is -0.824. The van der Waals surface area contributed by atoms with Gasteiger partial charge in [-0.25, -0.2) is 9.97 Å². The number of rotatable bonds is 13. The molecule has 0 spiro atoms. The van der Waals surface area contributed by atoms with E-state index in [2.05, 4.69) is 39.7 Å². The molecular weight excluding hydrogens is 817 g/mol. The molecule has 4 amide bonds. The van der Waals surface area contributed by atoms with Crippen LogP contribution in [0.3, 0.4) is 0 Å². The van der Waals surface area contributed by atoms with Crippen LogP contribution in [0, 0.1) is 39.5 Å². The highest BCUT2D eigenvalue weighted by Crippen LogP contribution is 2.35. The molecule has 13 nitrogen and oxygen atoms in total. The number of allylic oxidation sites excluding steroid dienone is 1. The zero-order chi connectivity index (χ0) is 43.0. The number of nitrogens with one attached hydrogen (secondary N) is 2. The average molecular weight is 871 g/mol. The number of aryl methyl sites for hydroxylation is 4. The van der Waals surface area contributed by atoms with Crippen molar-refractivity contribution in [1.82, 2.24) is 20.6 Å². The Kier molecular flexibility index (Phi) is 15.0. The van der Waals surface area contributed by atoms with E-state index in [9.17, 15) is 24.3 Å². The quantitative estimate of drug-likeness (QED) is 0.108. The first-order chi connectivity index (χ1) is 29.4. The van der Waals surface area contributed by atoms with Crippen LogP contribution in [0.25, 0.3) is 22.9 Å². The number of oxazole rings is 2. The van der Waals surface area contributed by atoms with Crippen molar-refractivity contribution < 1.29 is 42.6 Å². The molecule has 2 aromatic carbocycles. The highest BCUT2D eigenvalue weighted by atomic mass is 32.2. The smallest absolute Gasteiger partial charge is 0.290 e. The Bertz CT molecular complexity index is 2250. The van der Waals surface area contributed by atoms with Gasteiger partial charge in [-0.1, -0.05) is 60.7 Å². The van der Waals surface area contributed by atoms with Crippen LogP contribution in [0.1, 0.15) is 98.2 Å². The van der Waals surface area contributed by atoms with Crippen molar-refractivity contribution in [2.24, 2.45) is 11.8 Å². The third kappa shape index (κ3) is 12.1. The molecule has 4 heterocycles. The minimum absolute atomic E-state index is 0.0798. The molecular formula is C46H54N4O9S2. The topological polar surface area (TPSA) is 183 Å². The number of carbonyl (C=O) groups is 4. The Morgan fingerprint density at radius 3 is 1.84 bits per heavy atom. The number of aliphatic hydroxyl groups is 1. The van der Waals surface area contributed by atoms with Crippen molar-refractivity contribution in [3.63, 3.8) is 0 Å². The summed E-state index contributed by atoms with van der Waals surface area (Å²) < 4.78 is 24.1. The molecule has 0 bridgehead atoms. The molecule has 3 N–H and O–H groups in total. The molecule has 15 heteroatoms. The first kappa shape index (κ1) is 44.5. The summed E-state index contributed by atoms with van der Waals surface area (Å²) in [6.45, 7) is 8.73. The van der Waals surface area contributed by atoms with Gasteiger partial charge in [-0.15, -0.1) is 0 Å². The van der Waals surface area contributed by atoms with Crippen molar-refractivity contribution in [1.29, 1.82) is 0 Å². The molecule has 0 radical (unpaired) electrons. The fraction of sp³-hybridized carbons (Fsp3) is 0.478. The first-order valence-electron chi connectivity index (χ1n) is 21.1. The van der Waals surface area contributed by atoms with Crippen LogP contribution >= 0.6 is 23.5 Å². The van der Waals surface area contributed by atoms with E-state index in [1.165, 1.54) is 5.56 Å². The molecule has 61 heavy (non-hydrogen) atoms. The van der Waals surface area contributed by atoms with Gasteiger partial charge in [0.1, 0.15) is 28.2 Å². The number of amides is 4. The molecule has 2 aliphatic carbocycles. The van der Waals surface area contributed by atoms with Gasteiger partial charge >= 0.3 is 0 Å². The highest BCUT2D eigenvalue weighted by molar-refractivity contribution is 8.18. The molecule has 4 fully saturated rings. The van der Waals surface area contributed by atoms with E-state index in [1.807, 2.05) is 63.2 Å². The zero-order valence-corrected chi connectivity index (χ0v) is 36.7. The van der Waals surface area contributed by atoms with Crippen molar-refractivity contribution in [2.75, 3.05) is 0 Å². The van der Waals surface area contributed by atoms with E-state index in [4.69, 9.17) is 18.3 Å². The molecule has 2 aromatic heterocycles. The Morgan fingerprint density at radius 1 is 0.770 bits per heavy atom. The van der Waals surface area contributed by atoms with E-state index in [1.54, 1.807) is 0 Å². The number of thioether (sulfide) groups is 2. The molecule has 6 unspecified atom stereocenters. The standard InChI is InChI=1S/C23H28N2O5S.C23H26N2O4S/c1-13-5-3-7-16(9-13)22-24-18(14(2)30-22)12-29-17-8-4-6-15(10-17)11-19(26)20-21(27)25-23(28)31-20;1-14-5-3-7-17(11-14)22-24-19(15(2)29-22)13-28-18-8-4-6-16(12-18)9-10-20-21(26)25-23(27)30-20/h3,5,7,9,15,17,19-20,26H,4,6,8,10-12H2,1-2H3,(H,25,27,28);3,5,7,10-11,16,18H,4,6,8-9,12-13H2,1-2H3,(H,25,26,27)/b;20-10-. The lowest BCUT2D eigenvalue weighted by atomic mass is 9.83. The summed E-state index contributed by atoms with van der Waals surface area (Å²) in [5, 5.41) is 13.6. The van der Waals surface area contributed by atoms with Gasteiger partial charge in [0.2, 0.25) is 17.7 Å². The van der Waals surface area contributed by atoms with Crippen LogP contribution in [0.2, 0.25) is 0 Å². The van der Waals surface area contributed by atoms with Crippen LogP contribution in [0.4, 0.5) is 9.59 Å². The van der Waals surface area contributed by atoms with Crippen LogP contribution in [0.15, 0.2) is 68.3 Å². The number of carbonyl (C=O) groups excluding carboxylic acids is 4. The van der Waals surface area contributed by atoms with E-state index in [-0.39, 0.29) is 34.5 Å². The predicted octanol–water partition coefficient (Wildman–Crippen LogP) is 9.43.